The molecule has 0 aliphatic carbocycles. The van der Waals surface area contributed by atoms with E-state index < -0.39 is 0 Å². The van der Waals surface area contributed by atoms with Crippen molar-refractivity contribution in [2.24, 2.45) is 0 Å². The molecule has 0 spiro atoms. The van der Waals surface area contributed by atoms with Gasteiger partial charge in [-0.05, 0) is 25.5 Å². The summed E-state index contributed by atoms with van der Waals surface area (Å²) in [6.07, 6.45) is 3.21. The smallest absolute Gasteiger partial charge is 0.256 e. The predicted molar refractivity (Wildman–Crippen MR) is 80.2 cm³/mol. The number of carbonyl (C=O) groups excluding carboxylic acids is 1. The summed E-state index contributed by atoms with van der Waals surface area (Å²) in [5.41, 5.74) is 3.25. The van der Waals surface area contributed by atoms with Crippen molar-refractivity contribution in [3.63, 3.8) is 0 Å². The molecule has 2 aromatic rings. The Bertz CT molecular complexity index is 620. The number of rotatable bonds is 3. The van der Waals surface area contributed by atoms with E-state index >= 15 is 0 Å². The van der Waals surface area contributed by atoms with Gasteiger partial charge in [0.2, 0.25) is 5.95 Å². The van der Waals surface area contributed by atoms with Crippen LogP contribution in [0, 0.1) is 13.8 Å². The number of carbonyl (C=O) groups is 1. The average Bonchev–Trinajstić information content (AvgIpc) is 2.42. The monoisotopic (exact) mass is 270 g/mol. The number of hydrogen-bond donors (Lipinski definition) is 1. The summed E-state index contributed by atoms with van der Waals surface area (Å²) < 4.78 is 0. The zero-order chi connectivity index (χ0) is 14.7. The van der Waals surface area contributed by atoms with Crippen LogP contribution < -0.4 is 10.2 Å². The molecule has 5 heteroatoms. The molecule has 0 fully saturated rings. The minimum atomic E-state index is -0.146. The van der Waals surface area contributed by atoms with Gasteiger partial charge >= 0.3 is 0 Å². The van der Waals surface area contributed by atoms with E-state index in [0.29, 0.717) is 17.2 Å². The van der Waals surface area contributed by atoms with Crippen molar-refractivity contribution < 1.29 is 4.79 Å². The van der Waals surface area contributed by atoms with Gasteiger partial charge in [0.15, 0.2) is 0 Å². The molecule has 1 N–H and O–H groups in total. The summed E-state index contributed by atoms with van der Waals surface area (Å²) in [4.78, 5) is 22.4. The van der Waals surface area contributed by atoms with Crippen LogP contribution in [-0.4, -0.2) is 30.0 Å². The summed E-state index contributed by atoms with van der Waals surface area (Å²) in [5, 5.41) is 2.81. The topological polar surface area (TPSA) is 58.1 Å². The highest BCUT2D eigenvalue weighted by molar-refractivity contribution is 6.05. The number of aryl methyl sites for hydroxylation is 2. The van der Waals surface area contributed by atoms with Crippen LogP contribution >= 0.6 is 0 Å². The molecule has 0 unspecified atom stereocenters. The first kappa shape index (κ1) is 14.0. The zero-order valence-electron chi connectivity index (χ0n) is 12.1. The molecule has 0 bridgehead atoms. The Morgan fingerprint density at radius 1 is 1.15 bits per heavy atom. The highest BCUT2D eigenvalue weighted by Gasteiger charge is 2.10. The fourth-order valence-corrected chi connectivity index (χ4v) is 1.80. The Morgan fingerprint density at radius 2 is 1.80 bits per heavy atom. The average molecular weight is 270 g/mol. The maximum Gasteiger partial charge on any atom is 0.256 e. The molecule has 2 rings (SSSR count). The molecule has 0 atom stereocenters. The summed E-state index contributed by atoms with van der Waals surface area (Å²) in [6, 6.07) is 5.80. The summed E-state index contributed by atoms with van der Waals surface area (Å²) in [5.74, 6) is 0.460. The van der Waals surface area contributed by atoms with E-state index in [1.807, 2.05) is 46.1 Å². The van der Waals surface area contributed by atoms with Crippen molar-refractivity contribution in [2.45, 2.75) is 13.8 Å². The van der Waals surface area contributed by atoms with Gasteiger partial charge in [-0.15, -0.1) is 0 Å². The highest BCUT2D eigenvalue weighted by Crippen LogP contribution is 2.14. The molecule has 1 aromatic carbocycles. The molecular formula is C15H18N4O. The standard InChI is InChI=1S/C15H18N4O/c1-10-5-6-11(2)13(7-10)14(20)18-12-8-16-15(17-9-12)19(3)4/h5-9H,1-4H3,(H,18,20). The molecule has 0 radical (unpaired) electrons. The molecule has 5 nitrogen and oxygen atoms in total. The number of aromatic nitrogens is 2. The summed E-state index contributed by atoms with van der Waals surface area (Å²) in [6.45, 7) is 3.88. The van der Waals surface area contributed by atoms with Gasteiger partial charge in [-0.1, -0.05) is 17.7 Å². The number of hydrogen-bond acceptors (Lipinski definition) is 4. The minimum Gasteiger partial charge on any atom is -0.347 e. The minimum absolute atomic E-state index is 0.146. The second kappa shape index (κ2) is 5.69. The van der Waals surface area contributed by atoms with E-state index in [2.05, 4.69) is 15.3 Å². The molecular weight excluding hydrogens is 252 g/mol. The van der Waals surface area contributed by atoms with Crippen molar-refractivity contribution in [3.8, 4) is 0 Å². The van der Waals surface area contributed by atoms with Gasteiger partial charge in [0, 0.05) is 19.7 Å². The van der Waals surface area contributed by atoms with E-state index in [-0.39, 0.29) is 5.91 Å². The van der Waals surface area contributed by atoms with E-state index in [9.17, 15) is 4.79 Å². The number of nitrogens with zero attached hydrogens (tertiary/aromatic N) is 3. The van der Waals surface area contributed by atoms with E-state index in [4.69, 9.17) is 0 Å². The third-order valence-corrected chi connectivity index (χ3v) is 2.93. The number of anilines is 2. The van der Waals surface area contributed by atoms with Crippen LogP contribution in [0.2, 0.25) is 0 Å². The van der Waals surface area contributed by atoms with Crippen molar-refractivity contribution >= 4 is 17.5 Å². The number of benzene rings is 1. The second-order valence-corrected chi connectivity index (χ2v) is 4.94. The lowest BCUT2D eigenvalue weighted by Gasteiger charge is -2.11. The predicted octanol–water partition coefficient (Wildman–Crippen LogP) is 2.41. The third-order valence-electron chi connectivity index (χ3n) is 2.93. The van der Waals surface area contributed by atoms with Crippen LogP contribution in [0.15, 0.2) is 30.6 Å². The fourth-order valence-electron chi connectivity index (χ4n) is 1.80. The molecule has 0 aliphatic heterocycles. The van der Waals surface area contributed by atoms with Gasteiger partial charge in [0.1, 0.15) is 0 Å². The third kappa shape index (κ3) is 3.12. The number of amides is 1. The maximum atomic E-state index is 12.2. The Kier molecular flexibility index (Phi) is 3.98. The van der Waals surface area contributed by atoms with Crippen LogP contribution in [0.3, 0.4) is 0 Å². The van der Waals surface area contributed by atoms with Crippen molar-refractivity contribution in [2.75, 3.05) is 24.3 Å². The second-order valence-electron chi connectivity index (χ2n) is 4.94. The van der Waals surface area contributed by atoms with Crippen molar-refractivity contribution in [3.05, 3.63) is 47.3 Å². The summed E-state index contributed by atoms with van der Waals surface area (Å²) in [7, 11) is 3.73. The van der Waals surface area contributed by atoms with Gasteiger partial charge in [-0.2, -0.15) is 0 Å². The van der Waals surface area contributed by atoms with Crippen LogP contribution in [0.5, 0.6) is 0 Å². The first-order chi connectivity index (χ1) is 9.47. The quantitative estimate of drug-likeness (QED) is 0.930. The Morgan fingerprint density at radius 3 is 2.40 bits per heavy atom. The lowest BCUT2D eigenvalue weighted by Crippen LogP contribution is -2.16. The molecule has 0 saturated carbocycles. The normalized spacial score (nSPS) is 10.2. The summed E-state index contributed by atoms with van der Waals surface area (Å²) >= 11 is 0. The molecule has 104 valence electrons. The first-order valence-corrected chi connectivity index (χ1v) is 6.35. The SMILES string of the molecule is Cc1ccc(C)c(C(=O)Nc2cnc(N(C)C)nc2)c1. The molecule has 1 heterocycles. The zero-order valence-corrected chi connectivity index (χ0v) is 12.1. The van der Waals surface area contributed by atoms with Gasteiger partial charge in [-0.25, -0.2) is 9.97 Å². The van der Waals surface area contributed by atoms with Gasteiger partial charge < -0.3 is 10.2 Å². The Hall–Kier alpha value is -2.43. The van der Waals surface area contributed by atoms with Crippen LogP contribution in [0.4, 0.5) is 11.6 Å². The van der Waals surface area contributed by atoms with Crippen molar-refractivity contribution in [1.82, 2.24) is 9.97 Å². The van der Waals surface area contributed by atoms with Gasteiger partial charge in [0.05, 0.1) is 18.1 Å². The molecule has 1 aromatic heterocycles. The molecule has 0 aliphatic rings. The largest absolute Gasteiger partial charge is 0.347 e. The lowest BCUT2D eigenvalue weighted by molar-refractivity contribution is 0.102. The van der Waals surface area contributed by atoms with Crippen LogP contribution in [0.1, 0.15) is 21.5 Å². The molecule has 1 amide bonds. The van der Waals surface area contributed by atoms with E-state index in [0.717, 1.165) is 11.1 Å². The molecule has 20 heavy (non-hydrogen) atoms. The van der Waals surface area contributed by atoms with Gasteiger partial charge in [0.25, 0.3) is 5.91 Å². The van der Waals surface area contributed by atoms with Crippen LogP contribution in [0.25, 0.3) is 0 Å². The Labute approximate surface area is 118 Å². The first-order valence-electron chi connectivity index (χ1n) is 6.35. The van der Waals surface area contributed by atoms with E-state index in [1.54, 1.807) is 17.3 Å². The van der Waals surface area contributed by atoms with E-state index in [1.165, 1.54) is 0 Å². The Balaban J connectivity index is 2.17. The fraction of sp³-hybridized carbons (Fsp3) is 0.267. The van der Waals surface area contributed by atoms with Crippen molar-refractivity contribution in [1.29, 1.82) is 0 Å². The van der Waals surface area contributed by atoms with Gasteiger partial charge in [-0.3, -0.25) is 4.79 Å². The number of nitrogens with one attached hydrogen (secondary N) is 1. The maximum absolute atomic E-state index is 12.2. The lowest BCUT2D eigenvalue weighted by atomic mass is 10.1. The van der Waals surface area contributed by atoms with Crippen LogP contribution in [-0.2, 0) is 0 Å². The molecule has 0 saturated heterocycles. The highest BCUT2D eigenvalue weighted by atomic mass is 16.1.